The third-order valence-corrected chi connectivity index (χ3v) is 8.97. The Morgan fingerprint density at radius 3 is 2.71 bits per heavy atom. The van der Waals surface area contributed by atoms with E-state index < -0.39 is 21.6 Å². The van der Waals surface area contributed by atoms with Gasteiger partial charge in [0.25, 0.3) is 21.1 Å². The first-order chi connectivity index (χ1) is 16.2. The highest BCUT2D eigenvalue weighted by molar-refractivity contribution is 7.92. The number of aryl methyl sites for hydroxylation is 2. The van der Waals surface area contributed by atoms with Gasteiger partial charge in [-0.15, -0.1) is 0 Å². The van der Waals surface area contributed by atoms with Gasteiger partial charge in [0.05, 0.1) is 16.9 Å². The van der Waals surface area contributed by atoms with E-state index in [2.05, 4.69) is 19.9 Å². The van der Waals surface area contributed by atoms with Crippen molar-refractivity contribution in [2.24, 2.45) is 0 Å². The Bertz CT molecular complexity index is 1140. The van der Waals surface area contributed by atoms with Crippen LogP contribution in [0, 0.1) is 13.8 Å². The van der Waals surface area contributed by atoms with Gasteiger partial charge in [-0.3, -0.25) is 4.79 Å². The molecule has 0 unspecified atom stereocenters. The Morgan fingerprint density at radius 2 is 2.00 bits per heavy atom. The molecule has 2 aliphatic heterocycles. The number of aromatic nitrogens is 1. The average Bonchev–Trinajstić information content (AvgIpc) is 3.20. The first-order valence-corrected chi connectivity index (χ1v) is 13.5. The van der Waals surface area contributed by atoms with Crippen LogP contribution < -0.4 is 19.7 Å². The van der Waals surface area contributed by atoms with Crippen LogP contribution in [0.4, 0.5) is 10.1 Å². The molecule has 0 spiro atoms. The molecule has 9 nitrogen and oxygen atoms in total. The topological polar surface area (TPSA) is 110 Å². The van der Waals surface area contributed by atoms with Crippen LogP contribution in [0.2, 0.25) is 0 Å². The van der Waals surface area contributed by atoms with Crippen LogP contribution in [0.15, 0.2) is 22.4 Å². The molecule has 2 N–H and O–H groups in total. The second-order valence-electron chi connectivity index (χ2n) is 8.55. The SMILES string of the molecule is Cc1cccc(C(=O)NS(=O)(=O)c2sc(OCC3(F)CCOCC3)nc2C)c1N1CCNCC1. The molecule has 3 heterocycles. The maximum Gasteiger partial charge on any atom is 0.275 e. The fourth-order valence-corrected chi connectivity index (χ4v) is 6.43. The number of para-hydroxylation sites is 1. The lowest BCUT2D eigenvalue weighted by atomic mass is 9.98. The lowest BCUT2D eigenvalue weighted by molar-refractivity contribution is -0.0324. The second kappa shape index (κ2) is 10.1. The molecule has 1 aromatic carbocycles. The molecule has 0 radical (unpaired) electrons. The summed E-state index contributed by atoms with van der Waals surface area (Å²) in [6.07, 6.45) is 0.426. The number of hydrogen-bond acceptors (Lipinski definition) is 9. The van der Waals surface area contributed by atoms with Gasteiger partial charge in [-0.25, -0.2) is 22.5 Å². The smallest absolute Gasteiger partial charge is 0.275 e. The highest BCUT2D eigenvalue weighted by atomic mass is 32.2. The number of nitrogens with one attached hydrogen (secondary N) is 2. The number of benzene rings is 1. The fourth-order valence-electron chi connectivity index (χ4n) is 4.12. The van der Waals surface area contributed by atoms with Gasteiger partial charge < -0.3 is 19.7 Å². The fraction of sp³-hybridized carbons (Fsp3) is 0.545. The summed E-state index contributed by atoms with van der Waals surface area (Å²) in [5.74, 6) is -0.711. The largest absolute Gasteiger partial charge is 0.467 e. The van der Waals surface area contributed by atoms with Crippen molar-refractivity contribution in [2.75, 3.05) is 50.9 Å². The van der Waals surface area contributed by atoms with Crippen molar-refractivity contribution in [3.63, 3.8) is 0 Å². The van der Waals surface area contributed by atoms with Crippen molar-refractivity contribution in [3.05, 3.63) is 35.0 Å². The molecule has 2 saturated heterocycles. The van der Waals surface area contributed by atoms with E-state index in [1.54, 1.807) is 12.1 Å². The maximum absolute atomic E-state index is 14.8. The Labute approximate surface area is 202 Å². The number of carbonyl (C=O) groups excluding carboxylic acids is 1. The molecule has 1 amide bonds. The molecule has 0 saturated carbocycles. The second-order valence-corrected chi connectivity index (χ2v) is 11.4. The van der Waals surface area contributed by atoms with E-state index in [9.17, 15) is 17.6 Å². The number of ether oxygens (including phenoxy) is 2. The number of amides is 1. The first-order valence-electron chi connectivity index (χ1n) is 11.2. The highest BCUT2D eigenvalue weighted by Crippen LogP contribution is 2.32. The van der Waals surface area contributed by atoms with Crippen molar-refractivity contribution in [3.8, 4) is 5.19 Å². The van der Waals surface area contributed by atoms with Crippen LogP contribution in [-0.2, 0) is 14.8 Å². The van der Waals surface area contributed by atoms with Gasteiger partial charge in [-0.05, 0) is 25.5 Å². The van der Waals surface area contributed by atoms with Gasteiger partial charge in [0, 0.05) is 52.2 Å². The van der Waals surface area contributed by atoms with Crippen molar-refractivity contribution in [1.82, 2.24) is 15.0 Å². The zero-order valence-electron chi connectivity index (χ0n) is 19.2. The van der Waals surface area contributed by atoms with Crippen molar-refractivity contribution in [2.45, 2.75) is 36.6 Å². The third-order valence-electron chi connectivity index (χ3n) is 5.96. The number of sulfonamides is 1. The maximum atomic E-state index is 14.8. The first kappa shape index (κ1) is 24.8. The number of anilines is 1. The minimum absolute atomic E-state index is 0.0471. The normalized spacial score (nSPS) is 18.5. The number of carbonyl (C=O) groups is 1. The van der Waals surface area contributed by atoms with E-state index in [4.69, 9.17) is 9.47 Å². The van der Waals surface area contributed by atoms with E-state index >= 15 is 0 Å². The van der Waals surface area contributed by atoms with E-state index in [1.165, 1.54) is 6.92 Å². The molecule has 2 aliphatic rings. The van der Waals surface area contributed by atoms with Crippen molar-refractivity contribution < 1.29 is 27.1 Å². The molecule has 2 aromatic rings. The molecule has 2 fully saturated rings. The average molecular weight is 513 g/mol. The van der Waals surface area contributed by atoms with Gasteiger partial charge in [0.15, 0.2) is 4.21 Å². The van der Waals surface area contributed by atoms with Crippen LogP contribution >= 0.6 is 11.3 Å². The molecule has 0 aliphatic carbocycles. The monoisotopic (exact) mass is 512 g/mol. The van der Waals surface area contributed by atoms with Gasteiger partial charge in [-0.2, -0.15) is 0 Å². The Kier molecular flexibility index (Phi) is 7.41. The van der Waals surface area contributed by atoms with E-state index in [-0.39, 0.29) is 34.5 Å². The van der Waals surface area contributed by atoms with Gasteiger partial charge in [0.2, 0.25) is 0 Å². The van der Waals surface area contributed by atoms with Crippen molar-refractivity contribution in [1.29, 1.82) is 0 Å². The number of nitrogens with zero attached hydrogens (tertiary/aromatic N) is 2. The quantitative estimate of drug-likeness (QED) is 0.581. The van der Waals surface area contributed by atoms with Crippen molar-refractivity contribution >= 4 is 33.0 Å². The Balaban J connectivity index is 1.50. The predicted molar refractivity (Wildman–Crippen MR) is 127 cm³/mol. The molecule has 12 heteroatoms. The molecule has 186 valence electrons. The molecule has 1 aromatic heterocycles. The molecule has 34 heavy (non-hydrogen) atoms. The summed E-state index contributed by atoms with van der Waals surface area (Å²) in [6.45, 7) is 6.81. The van der Waals surface area contributed by atoms with Crippen LogP contribution in [-0.4, -0.2) is 71.0 Å². The van der Waals surface area contributed by atoms with Crippen LogP contribution in [0.5, 0.6) is 5.19 Å². The third kappa shape index (κ3) is 5.51. The summed E-state index contributed by atoms with van der Waals surface area (Å²) in [4.78, 5) is 19.3. The van der Waals surface area contributed by atoms with Gasteiger partial charge in [0.1, 0.15) is 12.3 Å². The van der Waals surface area contributed by atoms with Crippen LogP contribution in [0.25, 0.3) is 0 Å². The number of piperazine rings is 1. The van der Waals surface area contributed by atoms with Crippen LogP contribution in [0.1, 0.15) is 34.5 Å². The number of hydrogen-bond donors (Lipinski definition) is 2. The molecular formula is C22H29FN4O5S2. The summed E-state index contributed by atoms with van der Waals surface area (Å²) in [6, 6.07) is 5.25. The van der Waals surface area contributed by atoms with E-state index in [0.29, 0.717) is 31.9 Å². The zero-order valence-corrected chi connectivity index (χ0v) is 20.9. The number of rotatable bonds is 7. The minimum atomic E-state index is -4.20. The summed E-state index contributed by atoms with van der Waals surface area (Å²) in [5.41, 5.74) is 0.572. The standard InChI is InChI=1S/C22H29FN4O5S2/c1-15-4-3-5-17(18(15)27-10-8-24-9-11-27)19(28)26-34(29,30)20-16(2)25-21(33-20)32-14-22(23)6-12-31-13-7-22/h3-5,24H,6-14H2,1-2H3,(H,26,28). The molecule has 4 rings (SSSR count). The van der Waals surface area contributed by atoms with Gasteiger partial charge >= 0.3 is 0 Å². The summed E-state index contributed by atoms with van der Waals surface area (Å²) in [7, 11) is -4.20. The lowest BCUT2D eigenvalue weighted by Gasteiger charge is -2.32. The van der Waals surface area contributed by atoms with Gasteiger partial charge in [-0.1, -0.05) is 23.5 Å². The predicted octanol–water partition coefficient (Wildman–Crippen LogP) is 2.19. The lowest BCUT2D eigenvalue weighted by Crippen LogP contribution is -2.44. The Morgan fingerprint density at radius 1 is 1.29 bits per heavy atom. The summed E-state index contributed by atoms with van der Waals surface area (Å²) >= 11 is 0.774. The molecular weight excluding hydrogens is 483 g/mol. The summed E-state index contributed by atoms with van der Waals surface area (Å²) in [5, 5.41) is 3.32. The zero-order chi connectivity index (χ0) is 24.3. The number of alkyl halides is 1. The number of halogens is 1. The minimum Gasteiger partial charge on any atom is -0.467 e. The van der Waals surface area contributed by atoms with Crippen LogP contribution in [0.3, 0.4) is 0 Å². The molecule has 0 atom stereocenters. The molecule has 0 bridgehead atoms. The highest BCUT2D eigenvalue weighted by Gasteiger charge is 2.34. The van der Waals surface area contributed by atoms with E-state index in [0.717, 1.165) is 35.7 Å². The Hall–Kier alpha value is -2.28. The summed E-state index contributed by atoms with van der Waals surface area (Å²) < 4.78 is 53.6. The van der Waals surface area contributed by atoms with E-state index in [1.807, 2.05) is 13.0 Å². The number of thiazole rings is 1.